The van der Waals surface area contributed by atoms with Gasteiger partial charge in [-0.05, 0) is 42.7 Å². The Morgan fingerprint density at radius 3 is 2.88 bits per heavy atom. The third-order valence-corrected chi connectivity index (χ3v) is 4.88. The van der Waals surface area contributed by atoms with E-state index in [2.05, 4.69) is 30.6 Å². The molecule has 0 radical (unpaired) electrons. The molecule has 0 saturated heterocycles. The lowest BCUT2D eigenvalue weighted by atomic mass is 9.97. The van der Waals surface area contributed by atoms with Crippen LogP contribution in [0.5, 0.6) is 0 Å². The minimum Gasteiger partial charge on any atom is -0.309 e. The van der Waals surface area contributed by atoms with E-state index in [9.17, 15) is 0 Å². The number of hydrogen-bond acceptors (Lipinski definition) is 2. The molecule has 0 aliphatic heterocycles. The van der Waals surface area contributed by atoms with Gasteiger partial charge in [0.25, 0.3) is 0 Å². The van der Waals surface area contributed by atoms with Gasteiger partial charge in [-0.25, -0.2) is 0 Å². The van der Waals surface area contributed by atoms with E-state index in [-0.39, 0.29) is 0 Å². The van der Waals surface area contributed by atoms with Crippen LogP contribution in [0.25, 0.3) is 0 Å². The second-order valence-corrected chi connectivity index (χ2v) is 6.13. The fourth-order valence-corrected chi connectivity index (χ4v) is 3.46. The molecule has 1 N–H and O–H groups in total. The van der Waals surface area contributed by atoms with Gasteiger partial charge in [0.2, 0.25) is 0 Å². The zero-order valence-electron chi connectivity index (χ0n) is 10.5. The lowest BCUT2D eigenvalue weighted by Gasteiger charge is -2.22. The molecule has 1 aromatic rings. The van der Waals surface area contributed by atoms with Crippen LogP contribution in [0.4, 0.5) is 0 Å². The van der Waals surface area contributed by atoms with Gasteiger partial charge < -0.3 is 5.32 Å². The molecule has 1 heterocycles. The molecule has 1 aromatic heterocycles. The molecular weight excluding hydrogens is 214 g/mol. The maximum atomic E-state index is 3.76. The van der Waals surface area contributed by atoms with Crippen molar-refractivity contribution in [2.45, 2.75) is 58.5 Å². The van der Waals surface area contributed by atoms with E-state index in [0.29, 0.717) is 0 Å². The van der Waals surface area contributed by atoms with Crippen LogP contribution >= 0.6 is 11.3 Å². The number of aryl methyl sites for hydroxylation is 1. The molecule has 2 atom stereocenters. The van der Waals surface area contributed by atoms with Crippen molar-refractivity contribution in [3.8, 4) is 0 Å². The van der Waals surface area contributed by atoms with Crippen molar-refractivity contribution in [1.29, 1.82) is 0 Å². The second-order valence-electron chi connectivity index (χ2n) is 5.13. The number of hydrogen-bond donors (Lipinski definition) is 1. The number of thiophene rings is 1. The van der Waals surface area contributed by atoms with Crippen molar-refractivity contribution in [2.24, 2.45) is 5.92 Å². The minimum atomic E-state index is 0.740. The van der Waals surface area contributed by atoms with Crippen LogP contribution < -0.4 is 5.32 Å². The summed E-state index contributed by atoms with van der Waals surface area (Å²) in [7, 11) is 0. The van der Waals surface area contributed by atoms with E-state index in [1.807, 2.05) is 11.3 Å². The summed E-state index contributed by atoms with van der Waals surface area (Å²) in [5.74, 6) is 0.850. The molecule has 1 aliphatic rings. The molecule has 0 spiro atoms. The fraction of sp³-hybridized carbons (Fsp3) is 0.714. The van der Waals surface area contributed by atoms with Crippen molar-refractivity contribution < 1.29 is 0 Å². The van der Waals surface area contributed by atoms with E-state index in [0.717, 1.165) is 18.5 Å². The van der Waals surface area contributed by atoms with Crippen molar-refractivity contribution in [1.82, 2.24) is 5.32 Å². The highest BCUT2D eigenvalue weighted by Crippen LogP contribution is 2.24. The molecule has 1 aliphatic carbocycles. The third-order valence-electron chi connectivity index (χ3n) is 3.85. The molecule has 2 rings (SSSR count). The summed E-state index contributed by atoms with van der Waals surface area (Å²) in [5, 5.41) is 5.96. The average Bonchev–Trinajstić information content (AvgIpc) is 2.56. The predicted octanol–water partition coefficient (Wildman–Crippen LogP) is 4.11. The molecule has 1 fully saturated rings. The van der Waals surface area contributed by atoms with Gasteiger partial charge in [-0.15, -0.1) is 11.3 Å². The Balaban J connectivity index is 1.86. The molecule has 16 heavy (non-hydrogen) atoms. The van der Waals surface area contributed by atoms with Crippen molar-refractivity contribution in [3.05, 3.63) is 21.9 Å². The average molecular weight is 237 g/mol. The Morgan fingerprint density at radius 1 is 1.31 bits per heavy atom. The summed E-state index contributed by atoms with van der Waals surface area (Å²) in [6.45, 7) is 5.69. The van der Waals surface area contributed by atoms with E-state index < -0.39 is 0 Å². The summed E-state index contributed by atoms with van der Waals surface area (Å²) >= 11 is 1.88. The van der Waals surface area contributed by atoms with Crippen LogP contribution in [-0.4, -0.2) is 6.04 Å². The van der Waals surface area contributed by atoms with Gasteiger partial charge in [-0.2, -0.15) is 0 Å². The quantitative estimate of drug-likeness (QED) is 0.780. The molecule has 2 unspecified atom stereocenters. The Morgan fingerprint density at radius 2 is 2.12 bits per heavy atom. The molecule has 0 bridgehead atoms. The maximum Gasteiger partial charge on any atom is 0.0305 e. The fourth-order valence-electron chi connectivity index (χ4n) is 2.61. The van der Waals surface area contributed by atoms with E-state index in [4.69, 9.17) is 0 Å². The molecular formula is C14H23NS. The number of rotatable bonds is 3. The highest BCUT2D eigenvalue weighted by molar-refractivity contribution is 7.10. The van der Waals surface area contributed by atoms with Crippen LogP contribution in [0.3, 0.4) is 0 Å². The largest absolute Gasteiger partial charge is 0.309 e. The van der Waals surface area contributed by atoms with Gasteiger partial charge in [0.1, 0.15) is 0 Å². The van der Waals surface area contributed by atoms with Crippen LogP contribution in [0, 0.1) is 12.8 Å². The SMILES string of the molecule is Cc1ccsc1CNC1CCCCCC1C. The molecule has 2 heteroatoms. The standard InChI is InChI=1S/C14H23NS/c1-11-6-4-3-5-7-13(11)15-10-14-12(2)8-9-16-14/h8-9,11,13,15H,3-7,10H2,1-2H3. The summed E-state index contributed by atoms with van der Waals surface area (Å²) in [5.41, 5.74) is 1.44. The third kappa shape index (κ3) is 3.08. The molecule has 90 valence electrons. The Bertz CT molecular complexity index is 318. The van der Waals surface area contributed by atoms with Gasteiger partial charge in [-0.1, -0.05) is 26.2 Å². The van der Waals surface area contributed by atoms with Crippen LogP contribution in [0.15, 0.2) is 11.4 Å². The van der Waals surface area contributed by atoms with Gasteiger partial charge in [-0.3, -0.25) is 0 Å². The summed E-state index contributed by atoms with van der Waals surface area (Å²) in [6, 6.07) is 2.96. The van der Waals surface area contributed by atoms with Gasteiger partial charge >= 0.3 is 0 Å². The first-order valence-corrected chi connectivity index (χ1v) is 7.41. The topological polar surface area (TPSA) is 12.0 Å². The molecule has 0 aromatic carbocycles. The maximum absolute atomic E-state index is 3.76. The molecule has 1 nitrogen and oxygen atoms in total. The normalized spacial score (nSPS) is 26.6. The summed E-state index contributed by atoms with van der Waals surface area (Å²) in [4.78, 5) is 1.51. The Labute approximate surface area is 103 Å². The lowest BCUT2D eigenvalue weighted by molar-refractivity contribution is 0.357. The molecule has 1 saturated carbocycles. The smallest absolute Gasteiger partial charge is 0.0305 e. The summed E-state index contributed by atoms with van der Waals surface area (Å²) < 4.78 is 0. The summed E-state index contributed by atoms with van der Waals surface area (Å²) in [6.07, 6.45) is 7.04. The zero-order chi connectivity index (χ0) is 11.4. The highest BCUT2D eigenvalue weighted by Gasteiger charge is 2.19. The zero-order valence-corrected chi connectivity index (χ0v) is 11.3. The van der Waals surface area contributed by atoms with Crippen LogP contribution in [0.2, 0.25) is 0 Å². The van der Waals surface area contributed by atoms with Crippen molar-refractivity contribution in [3.63, 3.8) is 0 Å². The van der Waals surface area contributed by atoms with E-state index in [1.165, 1.54) is 42.5 Å². The van der Waals surface area contributed by atoms with Crippen molar-refractivity contribution >= 4 is 11.3 Å². The van der Waals surface area contributed by atoms with E-state index >= 15 is 0 Å². The second kappa shape index (κ2) is 5.83. The number of nitrogens with one attached hydrogen (secondary N) is 1. The highest BCUT2D eigenvalue weighted by atomic mass is 32.1. The minimum absolute atomic E-state index is 0.740. The van der Waals surface area contributed by atoms with Gasteiger partial charge in [0.05, 0.1) is 0 Å². The predicted molar refractivity (Wildman–Crippen MR) is 71.9 cm³/mol. The van der Waals surface area contributed by atoms with Crippen LogP contribution in [0.1, 0.15) is 49.5 Å². The first-order chi connectivity index (χ1) is 7.77. The van der Waals surface area contributed by atoms with Gasteiger partial charge in [0, 0.05) is 17.5 Å². The van der Waals surface area contributed by atoms with Crippen molar-refractivity contribution in [2.75, 3.05) is 0 Å². The van der Waals surface area contributed by atoms with Crippen LogP contribution in [-0.2, 0) is 6.54 Å². The Kier molecular flexibility index (Phi) is 4.42. The first-order valence-electron chi connectivity index (χ1n) is 6.53. The Hall–Kier alpha value is -0.340. The molecule has 0 amide bonds. The van der Waals surface area contributed by atoms with Gasteiger partial charge in [0.15, 0.2) is 0 Å². The van der Waals surface area contributed by atoms with E-state index in [1.54, 1.807) is 0 Å². The first kappa shape index (κ1) is 12.1. The lowest BCUT2D eigenvalue weighted by Crippen LogP contribution is -2.33. The monoisotopic (exact) mass is 237 g/mol.